The molecule has 2 heteroatoms. The summed E-state index contributed by atoms with van der Waals surface area (Å²) in [5.74, 6) is -0.0775. The molecule has 0 atom stereocenters. The van der Waals surface area contributed by atoms with Crippen molar-refractivity contribution in [3.8, 4) is 0 Å². The standard InChI is InChI=1S/C23H36O2/c1-3-5-6-7-8-9-10-11-12-13-14-15-16-17-18-19-20-21-22-23(24)25-4-2/h5-6,8-9,11-12,14-15,17-18H,3-4,7,10,13,16,19-22H2,1-2H3/b6-5+,9-8+,12-11+,15-14+,18-17+. The van der Waals surface area contributed by atoms with E-state index in [2.05, 4.69) is 67.7 Å². The third-order valence-electron chi connectivity index (χ3n) is 3.46. The highest BCUT2D eigenvalue weighted by atomic mass is 16.5. The Kier molecular flexibility index (Phi) is 18.7. The Morgan fingerprint density at radius 3 is 1.64 bits per heavy atom. The van der Waals surface area contributed by atoms with E-state index in [-0.39, 0.29) is 5.97 Å². The first-order chi connectivity index (χ1) is 12.3. The third kappa shape index (κ3) is 20.1. The van der Waals surface area contributed by atoms with Crippen LogP contribution in [-0.2, 0) is 9.53 Å². The predicted molar refractivity (Wildman–Crippen MR) is 110 cm³/mol. The average Bonchev–Trinajstić information content (AvgIpc) is 2.61. The minimum Gasteiger partial charge on any atom is -0.466 e. The largest absolute Gasteiger partial charge is 0.466 e. The highest BCUT2D eigenvalue weighted by Crippen LogP contribution is 2.03. The number of hydrogen-bond acceptors (Lipinski definition) is 2. The molecular weight excluding hydrogens is 308 g/mol. The minimum absolute atomic E-state index is 0.0775. The van der Waals surface area contributed by atoms with E-state index in [1.807, 2.05) is 6.92 Å². The van der Waals surface area contributed by atoms with Crippen LogP contribution in [-0.4, -0.2) is 12.6 Å². The van der Waals surface area contributed by atoms with Gasteiger partial charge in [0.1, 0.15) is 0 Å². The zero-order valence-corrected chi connectivity index (χ0v) is 16.2. The van der Waals surface area contributed by atoms with Crippen molar-refractivity contribution in [3.63, 3.8) is 0 Å². The topological polar surface area (TPSA) is 26.3 Å². The Labute approximate surface area is 155 Å². The van der Waals surface area contributed by atoms with Crippen LogP contribution in [0.2, 0.25) is 0 Å². The van der Waals surface area contributed by atoms with Gasteiger partial charge in [-0.15, -0.1) is 0 Å². The predicted octanol–water partition coefficient (Wildman–Crippen LogP) is 6.86. The zero-order chi connectivity index (χ0) is 18.4. The van der Waals surface area contributed by atoms with Crippen LogP contribution in [0.4, 0.5) is 0 Å². The second-order valence-corrected chi connectivity index (χ2v) is 5.76. The van der Waals surface area contributed by atoms with Crippen LogP contribution >= 0.6 is 0 Å². The molecule has 140 valence electrons. The van der Waals surface area contributed by atoms with Gasteiger partial charge in [0.25, 0.3) is 0 Å². The first-order valence-corrected chi connectivity index (χ1v) is 9.71. The lowest BCUT2D eigenvalue weighted by Gasteiger charge is -1.99. The fourth-order valence-electron chi connectivity index (χ4n) is 2.13. The molecule has 0 aliphatic heterocycles. The van der Waals surface area contributed by atoms with Gasteiger partial charge in [-0.2, -0.15) is 0 Å². The van der Waals surface area contributed by atoms with Crippen LogP contribution < -0.4 is 0 Å². The Morgan fingerprint density at radius 1 is 0.680 bits per heavy atom. The van der Waals surface area contributed by atoms with Gasteiger partial charge in [-0.25, -0.2) is 0 Å². The maximum atomic E-state index is 11.2. The first-order valence-electron chi connectivity index (χ1n) is 9.71. The smallest absolute Gasteiger partial charge is 0.305 e. The van der Waals surface area contributed by atoms with Crippen molar-refractivity contribution in [1.82, 2.24) is 0 Å². The van der Waals surface area contributed by atoms with E-state index in [1.165, 1.54) is 0 Å². The van der Waals surface area contributed by atoms with E-state index in [4.69, 9.17) is 4.74 Å². The maximum absolute atomic E-state index is 11.2. The van der Waals surface area contributed by atoms with Gasteiger partial charge in [-0.05, 0) is 58.3 Å². The van der Waals surface area contributed by atoms with Gasteiger partial charge in [0, 0.05) is 6.42 Å². The number of carbonyl (C=O) groups is 1. The van der Waals surface area contributed by atoms with E-state index in [1.54, 1.807) is 0 Å². The summed E-state index contributed by atoms with van der Waals surface area (Å²) >= 11 is 0. The molecule has 0 rings (SSSR count). The Morgan fingerprint density at radius 2 is 1.16 bits per heavy atom. The minimum atomic E-state index is -0.0775. The SMILES string of the molecule is CC/C=C/C/C=C/C/C=C/C/C=C/C/C=C/CCCCC(=O)OCC. The van der Waals surface area contributed by atoms with Gasteiger partial charge in [-0.3, -0.25) is 4.79 Å². The molecule has 0 heterocycles. The number of carbonyl (C=O) groups excluding carboxylic acids is 1. The van der Waals surface area contributed by atoms with Crippen LogP contribution in [0.15, 0.2) is 60.8 Å². The second kappa shape index (κ2) is 20.2. The molecule has 0 saturated carbocycles. The fraction of sp³-hybridized carbons (Fsp3) is 0.522. The molecular formula is C23H36O2. The summed E-state index contributed by atoms with van der Waals surface area (Å²) < 4.78 is 4.90. The monoisotopic (exact) mass is 344 g/mol. The molecule has 0 aliphatic carbocycles. The van der Waals surface area contributed by atoms with Crippen molar-refractivity contribution in [2.24, 2.45) is 0 Å². The number of hydrogen-bond donors (Lipinski definition) is 0. The summed E-state index contributed by atoms with van der Waals surface area (Å²) in [4.78, 5) is 11.2. The Bertz CT molecular complexity index is 439. The van der Waals surface area contributed by atoms with E-state index >= 15 is 0 Å². The first kappa shape index (κ1) is 23.2. The van der Waals surface area contributed by atoms with Crippen molar-refractivity contribution in [1.29, 1.82) is 0 Å². The number of esters is 1. The lowest BCUT2D eigenvalue weighted by Crippen LogP contribution is -2.02. The molecule has 0 aromatic carbocycles. The fourth-order valence-corrected chi connectivity index (χ4v) is 2.13. The summed E-state index contributed by atoms with van der Waals surface area (Å²) in [6.45, 7) is 4.48. The van der Waals surface area contributed by atoms with E-state index < -0.39 is 0 Å². The number of allylic oxidation sites excluding steroid dienone is 10. The van der Waals surface area contributed by atoms with Gasteiger partial charge in [0.15, 0.2) is 0 Å². The maximum Gasteiger partial charge on any atom is 0.305 e. The van der Waals surface area contributed by atoms with Crippen molar-refractivity contribution in [2.75, 3.05) is 6.61 Å². The quantitative estimate of drug-likeness (QED) is 0.184. The molecule has 0 fully saturated rings. The van der Waals surface area contributed by atoms with Crippen molar-refractivity contribution >= 4 is 5.97 Å². The van der Waals surface area contributed by atoms with Gasteiger partial charge < -0.3 is 4.74 Å². The van der Waals surface area contributed by atoms with Gasteiger partial charge in [-0.1, -0.05) is 67.7 Å². The lowest BCUT2D eigenvalue weighted by atomic mass is 10.2. The summed E-state index contributed by atoms with van der Waals surface area (Å²) in [5.41, 5.74) is 0. The van der Waals surface area contributed by atoms with E-state index in [9.17, 15) is 4.79 Å². The summed E-state index contributed by atoms with van der Waals surface area (Å²) in [6.07, 6.45) is 30.7. The highest BCUT2D eigenvalue weighted by Gasteiger charge is 1.99. The molecule has 0 aliphatic rings. The molecule has 0 N–H and O–H groups in total. The van der Waals surface area contributed by atoms with E-state index in [0.29, 0.717) is 13.0 Å². The average molecular weight is 345 g/mol. The van der Waals surface area contributed by atoms with Crippen molar-refractivity contribution in [3.05, 3.63) is 60.8 Å². The van der Waals surface area contributed by atoms with Crippen LogP contribution in [0.25, 0.3) is 0 Å². The molecule has 0 amide bonds. The molecule has 0 bridgehead atoms. The van der Waals surface area contributed by atoms with Crippen molar-refractivity contribution in [2.45, 2.75) is 71.6 Å². The van der Waals surface area contributed by atoms with Gasteiger partial charge >= 0.3 is 5.97 Å². The number of unbranched alkanes of at least 4 members (excludes halogenated alkanes) is 2. The van der Waals surface area contributed by atoms with Crippen LogP contribution in [0.3, 0.4) is 0 Å². The lowest BCUT2D eigenvalue weighted by molar-refractivity contribution is -0.143. The van der Waals surface area contributed by atoms with Gasteiger partial charge in [0.2, 0.25) is 0 Å². The third-order valence-corrected chi connectivity index (χ3v) is 3.46. The summed E-state index contributed by atoms with van der Waals surface area (Å²) in [6, 6.07) is 0. The summed E-state index contributed by atoms with van der Waals surface area (Å²) in [7, 11) is 0. The molecule has 2 nitrogen and oxygen atoms in total. The Hall–Kier alpha value is -1.83. The molecule has 0 radical (unpaired) electrons. The summed E-state index contributed by atoms with van der Waals surface area (Å²) in [5, 5.41) is 0. The molecule has 0 spiro atoms. The molecule has 0 unspecified atom stereocenters. The normalized spacial score (nSPS) is 12.6. The molecule has 0 saturated heterocycles. The van der Waals surface area contributed by atoms with Crippen LogP contribution in [0.1, 0.15) is 71.6 Å². The van der Waals surface area contributed by atoms with E-state index in [0.717, 1.165) is 51.4 Å². The number of rotatable bonds is 15. The molecule has 0 aromatic rings. The van der Waals surface area contributed by atoms with Crippen LogP contribution in [0.5, 0.6) is 0 Å². The zero-order valence-electron chi connectivity index (χ0n) is 16.2. The molecule has 0 aromatic heterocycles. The van der Waals surface area contributed by atoms with Gasteiger partial charge in [0.05, 0.1) is 6.61 Å². The molecule has 25 heavy (non-hydrogen) atoms. The Balaban J connectivity index is 3.46. The highest BCUT2D eigenvalue weighted by molar-refractivity contribution is 5.69. The van der Waals surface area contributed by atoms with Crippen molar-refractivity contribution < 1.29 is 9.53 Å². The second-order valence-electron chi connectivity index (χ2n) is 5.76. The van der Waals surface area contributed by atoms with Crippen LogP contribution in [0, 0.1) is 0 Å². The number of ether oxygens (including phenoxy) is 1.